The molecule has 0 atom stereocenters. The topological polar surface area (TPSA) is 95.5 Å². The van der Waals surface area contributed by atoms with Gasteiger partial charge < -0.3 is 9.26 Å². The lowest BCUT2D eigenvalue weighted by molar-refractivity contribution is -0.386. The molecule has 0 amide bonds. The van der Waals surface area contributed by atoms with Crippen molar-refractivity contribution in [2.24, 2.45) is 0 Å². The number of nitro groups is 1. The number of carbonyl (C=O) groups is 1. The highest BCUT2D eigenvalue weighted by Gasteiger charge is 2.23. The van der Waals surface area contributed by atoms with Crippen LogP contribution in [0.4, 0.5) is 5.69 Å². The third-order valence-electron chi connectivity index (χ3n) is 2.46. The Morgan fingerprint density at radius 1 is 1.55 bits per heavy atom. The molecule has 0 N–H and O–H groups in total. The van der Waals surface area contributed by atoms with Crippen LogP contribution in [0.1, 0.15) is 23.0 Å². The van der Waals surface area contributed by atoms with Gasteiger partial charge in [0.05, 0.1) is 16.7 Å². The standard InChI is InChI=1S/C12H9BrN2O5/c1-7(16)10-4-8(13)5-11(15(17)18)12(10)19-6-9-2-3-14-20-9/h2-5H,6H2,1H3. The fraction of sp³-hybridized carbons (Fsp3) is 0.167. The second-order valence-corrected chi connectivity index (χ2v) is 4.80. The van der Waals surface area contributed by atoms with Gasteiger partial charge in [-0.25, -0.2) is 0 Å². The molecule has 0 spiro atoms. The van der Waals surface area contributed by atoms with Crippen LogP contribution in [0.2, 0.25) is 0 Å². The SMILES string of the molecule is CC(=O)c1cc(Br)cc([N+](=O)[O-])c1OCc1ccno1. The van der Waals surface area contributed by atoms with Gasteiger partial charge >= 0.3 is 5.69 Å². The van der Waals surface area contributed by atoms with Gasteiger partial charge in [-0.05, 0) is 13.0 Å². The molecule has 0 radical (unpaired) electrons. The zero-order chi connectivity index (χ0) is 14.7. The van der Waals surface area contributed by atoms with Crippen LogP contribution in [0.15, 0.2) is 33.4 Å². The number of ether oxygens (including phenoxy) is 1. The van der Waals surface area contributed by atoms with Crippen LogP contribution in [0.5, 0.6) is 5.75 Å². The van der Waals surface area contributed by atoms with Crippen LogP contribution < -0.4 is 4.74 Å². The lowest BCUT2D eigenvalue weighted by Crippen LogP contribution is -2.05. The molecule has 2 rings (SSSR count). The summed E-state index contributed by atoms with van der Waals surface area (Å²) >= 11 is 3.13. The van der Waals surface area contributed by atoms with Crippen LogP contribution >= 0.6 is 15.9 Å². The van der Waals surface area contributed by atoms with Gasteiger partial charge in [0.1, 0.15) is 6.61 Å². The van der Waals surface area contributed by atoms with E-state index in [1.165, 1.54) is 25.3 Å². The number of hydrogen-bond acceptors (Lipinski definition) is 6. The minimum absolute atomic E-state index is 0.0528. The normalized spacial score (nSPS) is 10.3. The maximum absolute atomic E-state index is 11.6. The fourth-order valence-corrected chi connectivity index (χ4v) is 2.03. The molecule has 0 aliphatic rings. The maximum atomic E-state index is 11.6. The molecular weight excluding hydrogens is 332 g/mol. The number of hydrogen-bond donors (Lipinski definition) is 0. The Balaban J connectivity index is 2.42. The molecule has 104 valence electrons. The Hall–Kier alpha value is -2.22. The van der Waals surface area contributed by atoms with Crippen molar-refractivity contribution >= 4 is 27.4 Å². The van der Waals surface area contributed by atoms with Gasteiger partial charge in [-0.3, -0.25) is 14.9 Å². The first-order valence-corrected chi connectivity index (χ1v) is 6.29. The number of benzene rings is 1. The van der Waals surface area contributed by atoms with Crippen molar-refractivity contribution in [1.82, 2.24) is 5.16 Å². The summed E-state index contributed by atoms with van der Waals surface area (Å²) in [5.41, 5.74) is -0.158. The Bertz CT molecular complexity index is 619. The first-order chi connectivity index (χ1) is 9.49. The van der Waals surface area contributed by atoms with Crippen molar-refractivity contribution in [3.63, 3.8) is 0 Å². The number of ketones is 1. The van der Waals surface area contributed by atoms with Crippen molar-refractivity contribution in [1.29, 1.82) is 0 Å². The smallest absolute Gasteiger partial charge is 0.312 e. The number of carbonyl (C=O) groups excluding carboxylic acids is 1. The van der Waals surface area contributed by atoms with Crippen LogP contribution in [-0.2, 0) is 6.61 Å². The number of rotatable bonds is 5. The summed E-state index contributed by atoms with van der Waals surface area (Å²) in [6.07, 6.45) is 1.43. The number of nitro benzene ring substituents is 1. The summed E-state index contributed by atoms with van der Waals surface area (Å²) in [7, 11) is 0. The molecule has 20 heavy (non-hydrogen) atoms. The minimum Gasteiger partial charge on any atom is -0.478 e. The van der Waals surface area contributed by atoms with Crippen LogP contribution in [0.25, 0.3) is 0 Å². The highest BCUT2D eigenvalue weighted by molar-refractivity contribution is 9.10. The molecule has 0 aliphatic carbocycles. The van der Waals surface area contributed by atoms with E-state index >= 15 is 0 Å². The van der Waals surface area contributed by atoms with E-state index in [0.717, 1.165) is 0 Å². The van der Waals surface area contributed by atoms with E-state index < -0.39 is 4.92 Å². The maximum Gasteiger partial charge on any atom is 0.312 e. The second-order valence-electron chi connectivity index (χ2n) is 3.88. The van der Waals surface area contributed by atoms with Gasteiger partial charge in [0.25, 0.3) is 0 Å². The molecule has 2 aromatic rings. The van der Waals surface area contributed by atoms with E-state index in [-0.39, 0.29) is 29.4 Å². The third-order valence-corrected chi connectivity index (χ3v) is 2.92. The number of aromatic nitrogens is 1. The zero-order valence-corrected chi connectivity index (χ0v) is 11.9. The van der Waals surface area contributed by atoms with Crippen LogP contribution in [0, 0.1) is 10.1 Å². The lowest BCUT2D eigenvalue weighted by atomic mass is 10.1. The summed E-state index contributed by atoms with van der Waals surface area (Å²) in [6.45, 7) is 1.26. The summed E-state index contributed by atoms with van der Waals surface area (Å²) < 4.78 is 10.6. The molecule has 0 fully saturated rings. The predicted octanol–water partition coefficient (Wildman–Crippen LogP) is 3.13. The third kappa shape index (κ3) is 3.02. The largest absolute Gasteiger partial charge is 0.478 e. The highest BCUT2D eigenvalue weighted by atomic mass is 79.9. The van der Waals surface area contributed by atoms with E-state index in [2.05, 4.69) is 21.1 Å². The number of Topliss-reactive ketones (excluding diaryl/α,β-unsaturated/α-hetero) is 1. The second kappa shape index (κ2) is 5.83. The molecule has 8 heteroatoms. The Morgan fingerprint density at radius 2 is 2.30 bits per heavy atom. The fourth-order valence-electron chi connectivity index (χ4n) is 1.59. The molecule has 0 aliphatic heterocycles. The number of nitrogens with zero attached hydrogens (tertiary/aromatic N) is 2. The Labute approximate surface area is 121 Å². The van der Waals surface area contributed by atoms with Crippen molar-refractivity contribution in [3.05, 3.63) is 50.3 Å². The molecule has 0 unspecified atom stereocenters. The molecule has 0 saturated carbocycles. The lowest BCUT2D eigenvalue weighted by Gasteiger charge is -2.09. The Morgan fingerprint density at radius 3 is 2.85 bits per heavy atom. The first-order valence-electron chi connectivity index (χ1n) is 5.50. The molecule has 1 aromatic carbocycles. The van der Waals surface area contributed by atoms with Crippen molar-refractivity contribution in [2.45, 2.75) is 13.5 Å². The van der Waals surface area contributed by atoms with Gasteiger partial charge in [0.2, 0.25) is 5.75 Å². The average molecular weight is 341 g/mol. The van der Waals surface area contributed by atoms with E-state index in [1.54, 1.807) is 6.07 Å². The molecule has 1 heterocycles. The molecule has 7 nitrogen and oxygen atoms in total. The van der Waals surface area contributed by atoms with Crippen molar-refractivity contribution in [3.8, 4) is 5.75 Å². The Kier molecular flexibility index (Phi) is 4.14. The van der Waals surface area contributed by atoms with Gasteiger partial charge in [-0.2, -0.15) is 0 Å². The van der Waals surface area contributed by atoms with E-state index in [4.69, 9.17) is 9.26 Å². The zero-order valence-electron chi connectivity index (χ0n) is 10.3. The van der Waals surface area contributed by atoms with Crippen molar-refractivity contribution < 1.29 is 19.0 Å². The summed E-state index contributed by atoms with van der Waals surface area (Å²) in [5.74, 6) is -0.0132. The summed E-state index contributed by atoms with van der Waals surface area (Å²) in [6, 6.07) is 4.32. The number of halogens is 1. The van der Waals surface area contributed by atoms with Gasteiger partial charge in [0.15, 0.2) is 11.5 Å². The highest BCUT2D eigenvalue weighted by Crippen LogP contribution is 2.35. The van der Waals surface area contributed by atoms with E-state index in [0.29, 0.717) is 10.2 Å². The minimum atomic E-state index is -0.604. The molecule has 0 saturated heterocycles. The monoisotopic (exact) mass is 340 g/mol. The van der Waals surface area contributed by atoms with Gasteiger partial charge in [-0.1, -0.05) is 21.1 Å². The first kappa shape index (κ1) is 14.2. The van der Waals surface area contributed by atoms with E-state index in [9.17, 15) is 14.9 Å². The van der Waals surface area contributed by atoms with Gasteiger partial charge in [0, 0.05) is 16.6 Å². The quantitative estimate of drug-likeness (QED) is 0.471. The van der Waals surface area contributed by atoms with Gasteiger partial charge in [-0.15, -0.1) is 0 Å². The summed E-state index contributed by atoms with van der Waals surface area (Å²) in [5, 5.41) is 14.6. The van der Waals surface area contributed by atoms with Crippen LogP contribution in [0.3, 0.4) is 0 Å². The molecular formula is C12H9BrN2O5. The average Bonchev–Trinajstić information content (AvgIpc) is 2.89. The molecule has 0 bridgehead atoms. The summed E-state index contributed by atoms with van der Waals surface area (Å²) in [4.78, 5) is 22.1. The predicted molar refractivity (Wildman–Crippen MR) is 71.6 cm³/mol. The van der Waals surface area contributed by atoms with Crippen LogP contribution in [-0.4, -0.2) is 15.9 Å². The van der Waals surface area contributed by atoms with E-state index in [1.807, 2.05) is 0 Å². The van der Waals surface area contributed by atoms with Crippen molar-refractivity contribution in [2.75, 3.05) is 0 Å². The molecule has 1 aromatic heterocycles.